The van der Waals surface area contributed by atoms with Crippen molar-refractivity contribution in [2.45, 2.75) is 26.7 Å². The van der Waals surface area contributed by atoms with E-state index in [2.05, 4.69) is 50.6 Å². The maximum Gasteiger partial charge on any atom is 0.0347 e. The van der Waals surface area contributed by atoms with Gasteiger partial charge in [0.15, 0.2) is 0 Å². The molecule has 0 fully saturated rings. The van der Waals surface area contributed by atoms with E-state index in [1.807, 2.05) is 0 Å². The summed E-state index contributed by atoms with van der Waals surface area (Å²) in [6.07, 6.45) is 10.4. The summed E-state index contributed by atoms with van der Waals surface area (Å²) in [4.78, 5) is 2.31. The fraction of sp³-hybridized carbons (Fsp3) is 0.571. The van der Waals surface area contributed by atoms with E-state index in [1.165, 1.54) is 5.57 Å². The molecule has 0 rings (SSSR count). The third-order valence-corrected chi connectivity index (χ3v) is 2.58. The van der Waals surface area contributed by atoms with E-state index < -0.39 is 0 Å². The Morgan fingerprint density at radius 2 is 2.06 bits per heavy atom. The molecule has 0 unspecified atom stereocenters. The number of nitrogens with zero attached hydrogens (tertiary/aromatic N) is 2. The Labute approximate surface area is 106 Å². The van der Waals surface area contributed by atoms with Gasteiger partial charge in [-0.1, -0.05) is 31.7 Å². The Bertz CT molecular complexity index is 256. The number of nitrogens with two attached hydrogens (primary N) is 1. The van der Waals surface area contributed by atoms with Crippen LogP contribution in [0.2, 0.25) is 0 Å². The molecule has 17 heavy (non-hydrogen) atoms. The second-order valence-corrected chi connectivity index (χ2v) is 4.19. The van der Waals surface area contributed by atoms with Crippen LogP contribution in [0, 0.1) is 0 Å². The van der Waals surface area contributed by atoms with Crippen LogP contribution in [0.1, 0.15) is 26.7 Å². The number of hydrazine groups is 1. The molecule has 0 heterocycles. The molecule has 0 amide bonds. The minimum atomic E-state index is 0.851. The minimum Gasteiger partial charge on any atom is -0.319 e. The maximum atomic E-state index is 5.63. The highest BCUT2D eigenvalue weighted by Crippen LogP contribution is 2.01. The fourth-order valence-electron chi connectivity index (χ4n) is 1.51. The summed E-state index contributed by atoms with van der Waals surface area (Å²) in [7, 11) is 2.14. The van der Waals surface area contributed by atoms with Crippen molar-refractivity contribution in [1.82, 2.24) is 9.91 Å². The van der Waals surface area contributed by atoms with Crippen molar-refractivity contribution in [3.05, 3.63) is 36.6 Å². The van der Waals surface area contributed by atoms with E-state index in [4.69, 9.17) is 5.84 Å². The summed E-state index contributed by atoms with van der Waals surface area (Å²) in [5.74, 6) is 5.63. The van der Waals surface area contributed by atoms with E-state index in [0.717, 1.165) is 32.5 Å². The standard InChI is InChI=1S/C14H27N3/c1-5-8-10-14(6-2)13-16(4)11-9-12-17(15)7-3/h6-8,10H,3,5,9,11-13,15H2,1-2,4H3/b10-8-,14-6+. The van der Waals surface area contributed by atoms with Gasteiger partial charge in [0.05, 0.1) is 0 Å². The summed E-state index contributed by atoms with van der Waals surface area (Å²) >= 11 is 0. The van der Waals surface area contributed by atoms with Gasteiger partial charge in [0.1, 0.15) is 0 Å². The first-order valence-electron chi connectivity index (χ1n) is 6.28. The van der Waals surface area contributed by atoms with E-state index in [-0.39, 0.29) is 0 Å². The smallest absolute Gasteiger partial charge is 0.0347 e. The molecule has 0 saturated carbocycles. The molecule has 98 valence electrons. The van der Waals surface area contributed by atoms with Crippen molar-refractivity contribution in [2.24, 2.45) is 5.84 Å². The lowest BCUT2D eigenvalue weighted by atomic mass is 10.2. The molecule has 0 aromatic heterocycles. The molecule has 0 aliphatic rings. The van der Waals surface area contributed by atoms with Crippen LogP contribution in [0.4, 0.5) is 0 Å². The number of hydrogen-bond acceptors (Lipinski definition) is 3. The molecule has 2 N–H and O–H groups in total. The Balaban J connectivity index is 3.87. The average molecular weight is 237 g/mol. The van der Waals surface area contributed by atoms with Crippen LogP contribution in [-0.4, -0.2) is 36.6 Å². The molecule has 0 aliphatic carbocycles. The van der Waals surface area contributed by atoms with Crippen LogP contribution in [0.5, 0.6) is 0 Å². The van der Waals surface area contributed by atoms with Crippen molar-refractivity contribution >= 4 is 0 Å². The molecule has 0 saturated heterocycles. The van der Waals surface area contributed by atoms with Crippen LogP contribution < -0.4 is 5.84 Å². The summed E-state index contributed by atoms with van der Waals surface area (Å²) in [6.45, 7) is 10.7. The highest BCUT2D eigenvalue weighted by molar-refractivity contribution is 5.19. The highest BCUT2D eigenvalue weighted by atomic mass is 15.4. The Kier molecular flexibility index (Phi) is 9.49. The van der Waals surface area contributed by atoms with Crippen LogP contribution in [0.3, 0.4) is 0 Å². The van der Waals surface area contributed by atoms with Gasteiger partial charge in [0, 0.05) is 19.3 Å². The molecule has 0 aromatic carbocycles. The van der Waals surface area contributed by atoms with Crippen molar-refractivity contribution in [1.29, 1.82) is 0 Å². The van der Waals surface area contributed by atoms with Crippen LogP contribution in [0.25, 0.3) is 0 Å². The molecule has 3 heteroatoms. The highest BCUT2D eigenvalue weighted by Gasteiger charge is 2.00. The fourth-order valence-corrected chi connectivity index (χ4v) is 1.51. The summed E-state index contributed by atoms with van der Waals surface area (Å²) in [5.41, 5.74) is 1.36. The zero-order valence-corrected chi connectivity index (χ0v) is 11.5. The molecule has 3 nitrogen and oxygen atoms in total. The Morgan fingerprint density at radius 1 is 1.35 bits per heavy atom. The van der Waals surface area contributed by atoms with Gasteiger partial charge in [-0.05, 0) is 38.9 Å². The molecule has 0 radical (unpaired) electrons. The van der Waals surface area contributed by atoms with Crippen molar-refractivity contribution in [3.8, 4) is 0 Å². The minimum absolute atomic E-state index is 0.851. The normalized spacial score (nSPS) is 12.4. The quantitative estimate of drug-likeness (QED) is 0.380. The average Bonchev–Trinajstić information content (AvgIpc) is 2.34. The Hall–Kier alpha value is -1.06. The second kappa shape index (κ2) is 10.1. The van der Waals surface area contributed by atoms with E-state index in [1.54, 1.807) is 11.2 Å². The molecule has 0 spiro atoms. The lowest BCUT2D eigenvalue weighted by Gasteiger charge is -2.19. The molecule has 0 bridgehead atoms. The van der Waals surface area contributed by atoms with Crippen LogP contribution in [0.15, 0.2) is 36.6 Å². The molecule has 0 aromatic rings. The zero-order chi connectivity index (χ0) is 13.1. The van der Waals surface area contributed by atoms with Crippen LogP contribution in [-0.2, 0) is 0 Å². The van der Waals surface area contributed by atoms with Crippen LogP contribution >= 0.6 is 0 Å². The first-order chi connectivity index (χ1) is 8.13. The third kappa shape index (κ3) is 8.72. The van der Waals surface area contributed by atoms with Crippen molar-refractivity contribution in [2.75, 3.05) is 26.7 Å². The Morgan fingerprint density at radius 3 is 2.59 bits per heavy atom. The van der Waals surface area contributed by atoms with Gasteiger partial charge >= 0.3 is 0 Å². The third-order valence-electron chi connectivity index (χ3n) is 2.58. The largest absolute Gasteiger partial charge is 0.319 e. The second-order valence-electron chi connectivity index (χ2n) is 4.19. The van der Waals surface area contributed by atoms with Gasteiger partial charge in [-0.3, -0.25) is 0 Å². The monoisotopic (exact) mass is 237 g/mol. The molecular formula is C14H27N3. The van der Waals surface area contributed by atoms with E-state index in [9.17, 15) is 0 Å². The van der Waals surface area contributed by atoms with Gasteiger partial charge in [0.2, 0.25) is 0 Å². The lowest BCUT2D eigenvalue weighted by Crippen LogP contribution is -2.29. The number of rotatable bonds is 9. The SMILES string of the molecule is C=CN(N)CCCN(C)CC(/C=C\CC)=C/C. The summed E-state index contributed by atoms with van der Waals surface area (Å²) < 4.78 is 0. The number of hydrogen-bond donors (Lipinski definition) is 1. The van der Waals surface area contributed by atoms with E-state index in [0.29, 0.717) is 0 Å². The summed E-state index contributed by atoms with van der Waals surface area (Å²) in [5, 5.41) is 1.63. The van der Waals surface area contributed by atoms with Crippen molar-refractivity contribution < 1.29 is 0 Å². The predicted octanol–water partition coefficient (Wildman–Crippen LogP) is 2.54. The van der Waals surface area contributed by atoms with Gasteiger partial charge in [-0.2, -0.15) is 0 Å². The summed E-state index contributed by atoms with van der Waals surface area (Å²) in [6, 6.07) is 0. The van der Waals surface area contributed by atoms with Gasteiger partial charge in [-0.15, -0.1) is 0 Å². The predicted molar refractivity (Wildman–Crippen MR) is 76.4 cm³/mol. The van der Waals surface area contributed by atoms with Gasteiger partial charge in [-0.25, -0.2) is 5.84 Å². The number of allylic oxidation sites excluding steroid dienone is 2. The first-order valence-corrected chi connectivity index (χ1v) is 6.28. The van der Waals surface area contributed by atoms with Gasteiger partial charge < -0.3 is 9.91 Å². The molecule has 0 aliphatic heterocycles. The van der Waals surface area contributed by atoms with Crippen molar-refractivity contribution in [3.63, 3.8) is 0 Å². The molecular weight excluding hydrogens is 210 g/mol. The number of likely N-dealkylation sites (N-methyl/N-ethyl adjacent to an activating group) is 1. The zero-order valence-electron chi connectivity index (χ0n) is 11.5. The lowest BCUT2D eigenvalue weighted by molar-refractivity contribution is 0.314. The molecule has 0 atom stereocenters. The topological polar surface area (TPSA) is 32.5 Å². The first kappa shape index (κ1) is 15.9. The van der Waals surface area contributed by atoms with E-state index >= 15 is 0 Å². The van der Waals surface area contributed by atoms with Gasteiger partial charge in [0.25, 0.3) is 0 Å². The maximum absolute atomic E-state index is 5.63.